The Labute approximate surface area is 185 Å². The van der Waals surface area contributed by atoms with Crippen LogP contribution >= 0.6 is 11.6 Å². The molecule has 1 fully saturated rings. The summed E-state index contributed by atoms with van der Waals surface area (Å²) in [6.07, 6.45) is 0. The van der Waals surface area contributed by atoms with Crippen LogP contribution in [-0.2, 0) is 0 Å². The second-order valence-electron chi connectivity index (χ2n) is 7.23. The van der Waals surface area contributed by atoms with Crippen LogP contribution in [0.1, 0.15) is 26.5 Å². The molecular weight excluding hydrogens is 418 g/mol. The summed E-state index contributed by atoms with van der Waals surface area (Å²) in [6.45, 7) is 3.59. The normalized spacial score (nSPS) is 13.9. The van der Waals surface area contributed by atoms with E-state index in [2.05, 4.69) is 10.3 Å². The lowest BCUT2D eigenvalue weighted by atomic mass is 10.1. The zero-order valence-electron chi connectivity index (χ0n) is 17.3. The second kappa shape index (κ2) is 8.77. The van der Waals surface area contributed by atoms with Crippen LogP contribution in [0.15, 0.2) is 48.5 Å². The molecule has 0 N–H and O–H groups in total. The highest BCUT2D eigenvalue weighted by Gasteiger charge is 2.28. The number of carbonyl (C=O) groups excluding carboxylic acids is 2. The number of nitrogens with zero attached hydrogens (tertiary/aromatic N) is 5. The van der Waals surface area contributed by atoms with E-state index in [1.54, 1.807) is 45.9 Å². The van der Waals surface area contributed by atoms with Crippen molar-refractivity contribution >= 4 is 23.4 Å². The van der Waals surface area contributed by atoms with Crippen LogP contribution in [0.5, 0.6) is 5.75 Å². The van der Waals surface area contributed by atoms with E-state index in [0.29, 0.717) is 53.9 Å². The van der Waals surface area contributed by atoms with E-state index < -0.39 is 0 Å². The Hall–Kier alpha value is -3.39. The lowest BCUT2D eigenvalue weighted by molar-refractivity contribution is 0.0531. The molecule has 2 amide bonds. The molecule has 0 radical (unpaired) electrons. The number of aromatic nitrogens is 3. The van der Waals surface area contributed by atoms with Gasteiger partial charge in [-0.05, 0) is 43.3 Å². The van der Waals surface area contributed by atoms with Gasteiger partial charge in [0.1, 0.15) is 5.75 Å². The minimum atomic E-state index is -0.190. The Morgan fingerprint density at radius 1 is 0.968 bits per heavy atom. The average Bonchev–Trinajstić information content (AvgIpc) is 3.20. The van der Waals surface area contributed by atoms with Crippen LogP contribution in [0.2, 0.25) is 5.02 Å². The third kappa shape index (κ3) is 4.25. The van der Waals surface area contributed by atoms with Crippen molar-refractivity contribution in [2.24, 2.45) is 0 Å². The molecule has 2 heterocycles. The van der Waals surface area contributed by atoms with Crippen LogP contribution in [0.25, 0.3) is 5.69 Å². The highest BCUT2D eigenvalue weighted by atomic mass is 35.5. The van der Waals surface area contributed by atoms with Crippen LogP contribution in [0.3, 0.4) is 0 Å². The first kappa shape index (κ1) is 20.9. The summed E-state index contributed by atoms with van der Waals surface area (Å²) in [4.78, 5) is 29.2. The molecule has 31 heavy (non-hydrogen) atoms. The van der Waals surface area contributed by atoms with Gasteiger partial charge in [-0.15, -0.1) is 5.10 Å². The number of piperazine rings is 1. The standard InChI is InChI=1S/C22H22ClN5O3/c1-15-20(24-25-28(15)18-4-3-5-19(14-18)31-2)22(30)27-12-10-26(11-13-27)21(29)16-6-8-17(23)9-7-16/h3-9,14H,10-13H2,1-2H3. The average molecular weight is 440 g/mol. The minimum absolute atomic E-state index is 0.0658. The molecule has 0 saturated carbocycles. The van der Waals surface area contributed by atoms with Crippen LogP contribution < -0.4 is 4.74 Å². The summed E-state index contributed by atoms with van der Waals surface area (Å²) >= 11 is 5.89. The Morgan fingerprint density at radius 2 is 1.61 bits per heavy atom. The molecule has 0 aliphatic carbocycles. The summed E-state index contributed by atoms with van der Waals surface area (Å²) in [5, 5.41) is 8.86. The van der Waals surface area contributed by atoms with Crippen LogP contribution in [-0.4, -0.2) is 69.9 Å². The summed E-state index contributed by atoms with van der Waals surface area (Å²) in [5.41, 5.74) is 2.31. The van der Waals surface area contributed by atoms with Gasteiger partial charge in [0.15, 0.2) is 5.69 Å². The molecule has 9 heteroatoms. The van der Waals surface area contributed by atoms with Gasteiger partial charge in [-0.2, -0.15) is 0 Å². The first-order valence-corrected chi connectivity index (χ1v) is 10.3. The number of carbonyl (C=O) groups is 2. The predicted octanol–water partition coefficient (Wildman–Crippen LogP) is 2.84. The monoisotopic (exact) mass is 439 g/mol. The molecule has 2 aromatic carbocycles. The maximum Gasteiger partial charge on any atom is 0.276 e. The smallest absolute Gasteiger partial charge is 0.276 e. The van der Waals surface area contributed by atoms with E-state index in [1.165, 1.54) is 0 Å². The van der Waals surface area contributed by atoms with Crippen molar-refractivity contribution in [2.45, 2.75) is 6.92 Å². The van der Waals surface area contributed by atoms with Crippen molar-refractivity contribution < 1.29 is 14.3 Å². The maximum absolute atomic E-state index is 13.0. The topological polar surface area (TPSA) is 80.6 Å². The maximum atomic E-state index is 13.0. The van der Waals surface area contributed by atoms with Gasteiger partial charge < -0.3 is 14.5 Å². The summed E-state index contributed by atoms with van der Waals surface area (Å²) < 4.78 is 6.88. The number of halogens is 1. The number of ether oxygens (including phenoxy) is 1. The highest BCUT2D eigenvalue weighted by Crippen LogP contribution is 2.19. The lowest BCUT2D eigenvalue weighted by Gasteiger charge is -2.34. The quantitative estimate of drug-likeness (QED) is 0.624. The van der Waals surface area contributed by atoms with E-state index in [4.69, 9.17) is 16.3 Å². The Bertz CT molecular complexity index is 1100. The molecule has 1 aliphatic heterocycles. The van der Waals surface area contributed by atoms with Crippen molar-refractivity contribution in [3.63, 3.8) is 0 Å². The summed E-state index contributed by atoms with van der Waals surface area (Å²) in [6, 6.07) is 14.2. The van der Waals surface area contributed by atoms with Gasteiger partial charge >= 0.3 is 0 Å². The number of rotatable bonds is 4. The third-order valence-electron chi connectivity index (χ3n) is 5.34. The molecule has 160 valence electrons. The number of benzene rings is 2. The van der Waals surface area contributed by atoms with E-state index in [0.717, 1.165) is 5.69 Å². The number of methoxy groups -OCH3 is 1. The Kier molecular flexibility index (Phi) is 5.90. The van der Waals surface area contributed by atoms with Gasteiger partial charge in [-0.3, -0.25) is 9.59 Å². The SMILES string of the molecule is COc1cccc(-n2nnc(C(=O)N3CCN(C(=O)c4ccc(Cl)cc4)CC3)c2C)c1. The molecule has 0 atom stereocenters. The van der Waals surface area contributed by atoms with Crippen molar-refractivity contribution in [3.8, 4) is 11.4 Å². The molecule has 4 rings (SSSR count). The van der Waals surface area contributed by atoms with Gasteiger partial charge in [0.05, 0.1) is 18.5 Å². The van der Waals surface area contributed by atoms with E-state index >= 15 is 0 Å². The van der Waals surface area contributed by atoms with Crippen molar-refractivity contribution in [3.05, 3.63) is 70.5 Å². The summed E-state index contributed by atoms with van der Waals surface area (Å²) in [7, 11) is 1.60. The Morgan fingerprint density at radius 3 is 2.26 bits per heavy atom. The van der Waals surface area contributed by atoms with Gasteiger partial charge in [-0.1, -0.05) is 22.9 Å². The number of hydrogen-bond acceptors (Lipinski definition) is 5. The second-order valence-corrected chi connectivity index (χ2v) is 7.66. The predicted molar refractivity (Wildman–Crippen MR) is 116 cm³/mol. The van der Waals surface area contributed by atoms with Crippen molar-refractivity contribution in [2.75, 3.05) is 33.3 Å². The molecule has 1 aromatic heterocycles. The molecule has 8 nitrogen and oxygen atoms in total. The fraction of sp³-hybridized carbons (Fsp3) is 0.273. The number of amides is 2. The zero-order valence-corrected chi connectivity index (χ0v) is 18.0. The fourth-order valence-electron chi connectivity index (χ4n) is 3.55. The summed E-state index contributed by atoms with van der Waals surface area (Å²) in [5.74, 6) is 0.441. The van der Waals surface area contributed by atoms with E-state index in [-0.39, 0.29) is 11.8 Å². The highest BCUT2D eigenvalue weighted by molar-refractivity contribution is 6.30. The first-order valence-electron chi connectivity index (χ1n) is 9.89. The zero-order chi connectivity index (χ0) is 22.0. The van der Waals surface area contributed by atoms with Crippen LogP contribution in [0.4, 0.5) is 0 Å². The lowest BCUT2D eigenvalue weighted by Crippen LogP contribution is -2.50. The molecular formula is C22H22ClN5O3. The van der Waals surface area contributed by atoms with Crippen LogP contribution in [0, 0.1) is 6.92 Å². The van der Waals surface area contributed by atoms with E-state index in [9.17, 15) is 9.59 Å². The molecule has 0 bridgehead atoms. The minimum Gasteiger partial charge on any atom is -0.497 e. The molecule has 0 spiro atoms. The molecule has 1 aliphatic rings. The van der Waals surface area contributed by atoms with Gasteiger partial charge in [0, 0.05) is 42.8 Å². The molecule has 1 saturated heterocycles. The van der Waals surface area contributed by atoms with Crippen molar-refractivity contribution in [1.82, 2.24) is 24.8 Å². The van der Waals surface area contributed by atoms with Gasteiger partial charge in [0.2, 0.25) is 0 Å². The fourth-order valence-corrected chi connectivity index (χ4v) is 3.68. The molecule has 0 unspecified atom stereocenters. The molecule has 3 aromatic rings. The third-order valence-corrected chi connectivity index (χ3v) is 5.59. The van der Waals surface area contributed by atoms with Crippen molar-refractivity contribution in [1.29, 1.82) is 0 Å². The van der Waals surface area contributed by atoms with Gasteiger partial charge in [0.25, 0.3) is 11.8 Å². The Balaban J connectivity index is 1.44. The first-order chi connectivity index (χ1) is 15.0. The van der Waals surface area contributed by atoms with Gasteiger partial charge in [-0.25, -0.2) is 4.68 Å². The van der Waals surface area contributed by atoms with E-state index in [1.807, 2.05) is 31.2 Å². The largest absolute Gasteiger partial charge is 0.497 e. The number of hydrogen-bond donors (Lipinski definition) is 0.